The van der Waals surface area contributed by atoms with E-state index in [1.807, 2.05) is 0 Å². The third-order valence-electron chi connectivity index (χ3n) is 2.51. The summed E-state index contributed by atoms with van der Waals surface area (Å²) in [7, 11) is 1.57. The van der Waals surface area contributed by atoms with Gasteiger partial charge in [-0.05, 0) is 23.7 Å². The number of hydrogen-bond donors (Lipinski definition) is 0. The second kappa shape index (κ2) is 5.22. The first-order chi connectivity index (χ1) is 9.76. The molecular weight excluding hydrogens is 280 g/mol. The first-order valence-corrected chi connectivity index (χ1v) is 6.05. The highest BCUT2D eigenvalue weighted by Gasteiger charge is 2.10. The van der Waals surface area contributed by atoms with E-state index >= 15 is 0 Å². The monoisotopic (exact) mass is 288 g/mol. The molecule has 0 aliphatic heterocycles. The van der Waals surface area contributed by atoms with Crippen molar-refractivity contribution in [1.82, 2.24) is 29.7 Å². The van der Waals surface area contributed by atoms with E-state index in [4.69, 9.17) is 16.3 Å². The molecule has 3 heterocycles. The number of ether oxygens (including phenoxy) is 1. The lowest BCUT2D eigenvalue weighted by atomic mass is 10.2. The van der Waals surface area contributed by atoms with Crippen molar-refractivity contribution in [2.24, 2.45) is 0 Å². The van der Waals surface area contributed by atoms with Gasteiger partial charge in [-0.15, -0.1) is 0 Å². The van der Waals surface area contributed by atoms with Gasteiger partial charge >= 0.3 is 0 Å². The Labute approximate surface area is 119 Å². The van der Waals surface area contributed by atoms with Crippen LogP contribution in [0, 0.1) is 0 Å². The zero-order valence-electron chi connectivity index (χ0n) is 10.4. The van der Waals surface area contributed by atoms with Crippen LogP contribution in [-0.4, -0.2) is 36.8 Å². The number of halogens is 1. The molecule has 0 amide bonds. The largest absolute Gasteiger partial charge is 0.495 e. The average Bonchev–Trinajstić information content (AvgIpc) is 3.01. The Bertz CT molecular complexity index is 731. The van der Waals surface area contributed by atoms with Crippen molar-refractivity contribution >= 4 is 11.6 Å². The molecule has 0 spiro atoms. The number of methoxy groups -OCH3 is 1. The number of aromatic nitrogens is 6. The topological polar surface area (TPSA) is 78.6 Å². The Morgan fingerprint density at radius 3 is 2.85 bits per heavy atom. The molecule has 3 aromatic rings. The van der Waals surface area contributed by atoms with Gasteiger partial charge in [-0.25, -0.2) is 4.68 Å². The Hall–Kier alpha value is -2.54. The van der Waals surface area contributed by atoms with Crippen LogP contribution in [0.4, 0.5) is 0 Å². The van der Waals surface area contributed by atoms with Crippen LogP contribution in [0.2, 0.25) is 5.28 Å². The summed E-state index contributed by atoms with van der Waals surface area (Å²) in [6.07, 6.45) is 6.57. The maximum Gasteiger partial charge on any atom is 0.255 e. The normalized spacial score (nSPS) is 10.5. The molecule has 100 valence electrons. The van der Waals surface area contributed by atoms with Gasteiger partial charge in [0.2, 0.25) is 5.28 Å². The van der Waals surface area contributed by atoms with E-state index in [-0.39, 0.29) is 5.28 Å². The smallest absolute Gasteiger partial charge is 0.255 e. The molecule has 3 aromatic heterocycles. The average molecular weight is 289 g/mol. The second-order valence-corrected chi connectivity index (χ2v) is 4.13. The van der Waals surface area contributed by atoms with Crippen LogP contribution < -0.4 is 4.74 Å². The van der Waals surface area contributed by atoms with Gasteiger partial charge in [0.15, 0.2) is 5.82 Å². The number of nitrogens with zero attached hydrogens (tertiary/aromatic N) is 6. The number of pyridine rings is 1. The molecule has 7 nitrogen and oxygen atoms in total. The van der Waals surface area contributed by atoms with Crippen molar-refractivity contribution in [1.29, 1.82) is 0 Å². The van der Waals surface area contributed by atoms with Crippen molar-refractivity contribution in [2.75, 3.05) is 7.11 Å². The van der Waals surface area contributed by atoms with Gasteiger partial charge in [0, 0.05) is 24.2 Å². The van der Waals surface area contributed by atoms with Gasteiger partial charge < -0.3 is 4.74 Å². The molecule has 0 saturated carbocycles. The molecule has 0 radical (unpaired) electrons. The summed E-state index contributed by atoms with van der Waals surface area (Å²) in [6, 6.07) is 3.54. The highest BCUT2D eigenvalue weighted by atomic mass is 35.5. The summed E-state index contributed by atoms with van der Waals surface area (Å²) in [5, 5.41) is 4.15. The molecule has 0 aliphatic rings. The number of rotatable bonds is 3. The van der Waals surface area contributed by atoms with Crippen molar-refractivity contribution in [3.63, 3.8) is 0 Å². The summed E-state index contributed by atoms with van der Waals surface area (Å²) in [5.41, 5.74) is 0.682. The molecule has 0 unspecified atom stereocenters. The minimum atomic E-state index is 0.0864. The molecule has 0 bridgehead atoms. The predicted octanol–water partition coefficient (Wildman–Crippen LogP) is 1.78. The second-order valence-electron chi connectivity index (χ2n) is 3.79. The fourth-order valence-corrected chi connectivity index (χ4v) is 1.77. The Morgan fingerprint density at radius 2 is 2.10 bits per heavy atom. The molecule has 0 N–H and O–H groups in total. The van der Waals surface area contributed by atoms with Gasteiger partial charge in [-0.1, -0.05) is 0 Å². The fourth-order valence-electron chi connectivity index (χ4n) is 1.61. The lowest BCUT2D eigenvalue weighted by Gasteiger charge is -2.05. The van der Waals surface area contributed by atoms with E-state index in [1.165, 1.54) is 4.68 Å². The van der Waals surface area contributed by atoms with Crippen LogP contribution in [0.25, 0.3) is 17.3 Å². The van der Waals surface area contributed by atoms with Crippen LogP contribution in [0.15, 0.2) is 36.9 Å². The van der Waals surface area contributed by atoms with Crippen LogP contribution in [-0.2, 0) is 0 Å². The van der Waals surface area contributed by atoms with E-state index in [0.717, 1.165) is 0 Å². The molecule has 8 heteroatoms. The van der Waals surface area contributed by atoms with E-state index in [2.05, 4.69) is 25.0 Å². The summed E-state index contributed by atoms with van der Waals surface area (Å²) in [5.74, 6) is 1.36. The van der Waals surface area contributed by atoms with Gasteiger partial charge in [0.1, 0.15) is 5.75 Å². The van der Waals surface area contributed by atoms with E-state index in [0.29, 0.717) is 23.1 Å². The quantitative estimate of drug-likeness (QED) is 0.731. The van der Waals surface area contributed by atoms with Crippen molar-refractivity contribution in [3.05, 3.63) is 42.2 Å². The van der Waals surface area contributed by atoms with Gasteiger partial charge in [-0.3, -0.25) is 4.98 Å². The first-order valence-electron chi connectivity index (χ1n) is 5.67. The molecule has 3 rings (SSSR count). The van der Waals surface area contributed by atoms with E-state index in [9.17, 15) is 0 Å². The van der Waals surface area contributed by atoms with E-state index < -0.39 is 0 Å². The lowest BCUT2D eigenvalue weighted by Crippen LogP contribution is -2.05. The molecule has 0 aromatic carbocycles. The molecule has 0 saturated heterocycles. The third-order valence-corrected chi connectivity index (χ3v) is 2.68. The predicted molar refractivity (Wildman–Crippen MR) is 71.7 cm³/mol. The highest BCUT2D eigenvalue weighted by molar-refractivity contribution is 6.28. The molecule has 0 atom stereocenters. The van der Waals surface area contributed by atoms with Crippen LogP contribution >= 0.6 is 11.6 Å². The van der Waals surface area contributed by atoms with Crippen LogP contribution in [0.1, 0.15) is 0 Å². The maximum absolute atomic E-state index is 5.94. The zero-order valence-corrected chi connectivity index (χ0v) is 11.2. The Kier molecular flexibility index (Phi) is 3.26. The minimum Gasteiger partial charge on any atom is -0.495 e. The molecule has 0 fully saturated rings. The summed E-state index contributed by atoms with van der Waals surface area (Å²) in [6.45, 7) is 0. The first kappa shape index (κ1) is 12.5. The Balaban J connectivity index is 2.09. The highest BCUT2D eigenvalue weighted by Crippen LogP contribution is 2.20. The molecule has 20 heavy (non-hydrogen) atoms. The summed E-state index contributed by atoms with van der Waals surface area (Å²) >= 11 is 5.94. The van der Waals surface area contributed by atoms with Crippen molar-refractivity contribution in [2.45, 2.75) is 0 Å². The lowest BCUT2D eigenvalue weighted by molar-refractivity contribution is 0.413. The molecule has 0 aliphatic carbocycles. The van der Waals surface area contributed by atoms with E-state index in [1.54, 1.807) is 44.0 Å². The zero-order chi connectivity index (χ0) is 13.9. The summed E-state index contributed by atoms with van der Waals surface area (Å²) < 4.78 is 6.63. The van der Waals surface area contributed by atoms with Crippen LogP contribution in [0.3, 0.4) is 0 Å². The summed E-state index contributed by atoms with van der Waals surface area (Å²) in [4.78, 5) is 16.5. The van der Waals surface area contributed by atoms with Gasteiger partial charge in [0.25, 0.3) is 5.95 Å². The maximum atomic E-state index is 5.94. The SMILES string of the molecule is COc1cncc(-c2nc(Cl)nc(-n3cccn3)n2)c1. The number of hydrogen-bond acceptors (Lipinski definition) is 6. The molecular formula is C12H9ClN6O. The van der Waals surface area contributed by atoms with Gasteiger partial charge in [0.05, 0.1) is 13.3 Å². The standard InChI is InChI=1S/C12H9ClN6O/c1-20-9-5-8(6-14-7-9)10-16-11(13)18-12(17-10)19-4-2-3-15-19/h2-7H,1H3. The van der Waals surface area contributed by atoms with Crippen LogP contribution in [0.5, 0.6) is 5.75 Å². The van der Waals surface area contributed by atoms with Gasteiger partial charge in [-0.2, -0.15) is 20.1 Å². The Morgan fingerprint density at radius 1 is 1.20 bits per heavy atom. The minimum absolute atomic E-state index is 0.0864. The fraction of sp³-hybridized carbons (Fsp3) is 0.0833. The van der Waals surface area contributed by atoms with Crippen molar-refractivity contribution in [3.8, 4) is 23.1 Å². The van der Waals surface area contributed by atoms with Crippen molar-refractivity contribution < 1.29 is 4.74 Å². The third kappa shape index (κ3) is 2.43.